The van der Waals surface area contributed by atoms with Crippen molar-refractivity contribution in [3.05, 3.63) is 73.1 Å². The number of nitrogens with two attached hydrogens (primary N) is 1. The predicted octanol–water partition coefficient (Wildman–Crippen LogP) is 4.66. The van der Waals surface area contributed by atoms with Gasteiger partial charge in [-0.15, -0.1) is 0 Å². The van der Waals surface area contributed by atoms with Crippen LogP contribution in [0.2, 0.25) is 0 Å². The maximum Gasteiger partial charge on any atom is 0.519 e. The molecular weight excluding hydrogens is 609 g/mol. The molecule has 1 atom stereocenters. The predicted molar refractivity (Wildman–Crippen MR) is 148 cm³/mol. The third kappa shape index (κ3) is 6.99. The molecule has 0 bridgehead atoms. The number of nitrogen functional groups attached to an aromatic ring is 1. The smallest absolute Gasteiger partial charge is 0.395 e. The number of aromatic amines is 1. The molecule has 1 aliphatic carbocycles. The Kier molecular flexibility index (Phi) is 9.01. The largest absolute Gasteiger partial charge is 0.519 e. The maximum atomic E-state index is 13.8. The van der Waals surface area contributed by atoms with Gasteiger partial charge in [-0.25, -0.2) is 9.78 Å². The van der Waals surface area contributed by atoms with Gasteiger partial charge in [0.25, 0.3) is 5.56 Å². The Morgan fingerprint density at radius 2 is 1.95 bits per heavy atom. The SMILES string of the molecule is Nc1nc2c(ncn2CCOCP(=O)(OCc2cccc(Br)c2)OCc2oc(=O)oc2C2CCCCC2)c(=O)[nH]1. The highest BCUT2D eigenvalue weighted by Gasteiger charge is 2.30. The van der Waals surface area contributed by atoms with Gasteiger partial charge in [0.1, 0.15) is 13.0 Å². The molecule has 0 saturated heterocycles. The fourth-order valence-corrected chi connectivity index (χ4v) is 6.32. The van der Waals surface area contributed by atoms with Gasteiger partial charge in [-0.05, 0) is 30.5 Å². The molecule has 3 heterocycles. The second kappa shape index (κ2) is 12.6. The monoisotopic (exact) mass is 637 g/mol. The summed E-state index contributed by atoms with van der Waals surface area (Å²) in [6.45, 7) is 0.0693. The van der Waals surface area contributed by atoms with E-state index in [0.29, 0.717) is 11.4 Å². The van der Waals surface area contributed by atoms with E-state index in [1.165, 1.54) is 6.33 Å². The van der Waals surface area contributed by atoms with Gasteiger partial charge in [0, 0.05) is 16.9 Å². The highest BCUT2D eigenvalue weighted by Crippen LogP contribution is 2.50. The average Bonchev–Trinajstić information content (AvgIpc) is 3.52. The first kappa shape index (κ1) is 28.5. The van der Waals surface area contributed by atoms with Crippen molar-refractivity contribution in [3.63, 3.8) is 0 Å². The molecule has 3 aromatic heterocycles. The fourth-order valence-electron chi connectivity index (χ4n) is 4.64. The lowest BCUT2D eigenvalue weighted by atomic mass is 9.87. The lowest BCUT2D eigenvalue weighted by molar-refractivity contribution is 0.113. The van der Waals surface area contributed by atoms with Gasteiger partial charge < -0.3 is 28.4 Å². The number of rotatable bonds is 12. The molecule has 3 N–H and O–H groups in total. The minimum Gasteiger partial charge on any atom is -0.395 e. The van der Waals surface area contributed by atoms with E-state index in [1.807, 2.05) is 24.3 Å². The number of ether oxygens (including phenoxy) is 1. The third-order valence-electron chi connectivity index (χ3n) is 6.58. The van der Waals surface area contributed by atoms with Crippen LogP contribution >= 0.6 is 23.5 Å². The van der Waals surface area contributed by atoms with E-state index in [-0.39, 0.29) is 55.9 Å². The molecule has 1 fully saturated rings. The molecule has 13 nitrogen and oxygen atoms in total. The molecule has 214 valence electrons. The Morgan fingerprint density at radius 1 is 1.15 bits per heavy atom. The zero-order valence-electron chi connectivity index (χ0n) is 21.5. The molecule has 0 amide bonds. The summed E-state index contributed by atoms with van der Waals surface area (Å²) in [5, 5.41) is 0. The molecule has 1 aromatic carbocycles. The molecule has 4 aromatic rings. The van der Waals surface area contributed by atoms with Crippen LogP contribution < -0.4 is 17.1 Å². The lowest BCUT2D eigenvalue weighted by Crippen LogP contribution is -2.13. The lowest BCUT2D eigenvalue weighted by Gasteiger charge is -2.21. The number of nitrogens with one attached hydrogen (secondary N) is 1. The molecule has 1 saturated carbocycles. The van der Waals surface area contributed by atoms with Crippen molar-refractivity contribution in [1.29, 1.82) is 0 Å². The van der Waals surface area contributed by atoms with Gasteiger partial charge in [0.2, 0.25) is 5.95 Å². The normalized spacial score (nSPS) is 15.9. The first-order chi connectivity index (χ1) is 19.3. The number of H-pyrrole nitrogens is 1. The van der Waals surface area contributed by atoms with Crippen molar-refractivity contribution in [2.75, 3.05) is 18.7 Å². The van der Waals surface area contributed by atoms with E-state index < -0.39 is 19.0 Å². The number of imidazole rings is 1. The van der Waals surface area contributed by atoms with Crippen molar-refractivity contribution < 1.29 is 27.2 Å². The summed E-state index contributed by atoms with van der Waals surface area (Å²) >= 11 is 3.41. The zero-order chi connectivity index (χ0) is 28.1. The van der Waals surface area contributed by atoms with Crippen LogP contribution in [0.15, 0.2) is 53.5 Å². The summed E-state index contributed by atoms with van der Waals surface area (Å²) in [4.78, 5) is 34.5. The molecule has 5 rings (SSSR count). The highest BCUT2D eigenvalue weighted by atomic mass is 79.9. The fraction of sp³-hybridized carbons (Fsp3) is 0.440. The Morgan fingerprint density at radius 3 is 2.75 bits per heavy atom. The number of fused-ring (bicyclic) bond motifs is 1. The van der Waals surface area contributed by atoms with Crippen LogP contribution in [0, 0.1) is 0 Å². The second-order valence-corrected chi connectivity index (χ2v) is 12.4. The zero-order valence-corrected chi connectivity index (χ0v) is 24.0. The number of halogens is 1. The van der Waals surface area contributed by atoms with E-state index in [2.05, 4.69) is 30.9 Å². The van der Waals surface area contributed by atoms with Gasteiger partial charge in [0.15, 0.2) is 22.7 Å². The van der Waals surface area contributed by atoms with Crippen LogP contribution in [-0.2, 0) is 38.1 Å². The Labute approximate surface area is 236 Å². The van der Waals surface area contributed by atoms with Crippen LogP contribution in [0.4, 0.5) is 5.95 Å². The summed E-state index contributed by atoms with van der Waals surface area (Å²) in [6, 6.07) is 7.37. The number of nitrogens with zero attached hydrogens (tertiary/aromatic N) is 3. The van der Waals surface area contributed by atoms with Crippen LogP contribution in [-0.4, -0.2) is 32.5 Å². The molecule has 1 unspecified atom stereocenters. The van der Waals surface area contributed by atoms with Gasteiger partial charge in [0.05, 0.1) is 19.5 Å². The van der Waals surface area contributed by atoms with Crippen LogP contribution in [0.3, 0.4) is 0 Å². The molecule has 40 heavy (non-hydrogen) atoms. The number of hydrogen-bond donors (Lipinski definition) is 2. The summed E-state index contributed by atoms with van der Waals surface area (Å²) < 4.78 is 44.0. The number of hydrogen-bond acceptors (Lipinski definition) is 11. The summed E-state index contributed by atoms with van der Waals surface area (Å²) in [7, 11) is -3.84. The minimum absolute atomic E-state index is 0.00300. The van der Waals surface area contributed by atoms with Crippen LogP contribution in [0.5, 0.6) is 0 Å². The van der Waals surface area contributed by atoms with E-state index >= 15 is 0 Å². The van der Waals surface area contributed by atoms with Crippen LogP contribution in [0.1, 0.15) is 55.1 Å². The quantitative estimate of drug-likeness (QED) is 0.163. The number of benzene rings is 1. The molecule has 0 spiro atoms. The Balaban J connectivity index is 1.26. The Bertz CT molecular complexity index is 1620. The highest BCUT2D eigenvalue weighted by molar-refractivity contribution is 9.10. The molecule has 0 aliphatic heterocycles. The van der Waals surface area contributed by atoms with Gasteiger partial charge in [-0.2, -0.15) is 4.98 Å². The van der Waals surface area contributed by atoms with Gasteiger partial charge in [-0.3, -0.25) is 18.9 Å². The van der Waals surface area contributed by atoms with E-state index in [9.17, 15) is 14.2 Å². The molecule has 1 aliphatic rings. The van der Waals surface area contributed by atoms with Gasteiger partial charge >= 0.3 is 13.4 Å². The van der Waals surface area contributed by atoms with Crippen molar-refractivity contribution in [2.24, 2.45) is 0 Å². The third-order valence-corrected chi connectivity index (χ3v) is 8.62. The summed E-state index contributed by atoms with van der Waals surface area (Å²) in [5.41, 5.74) is 6.43. The average molecular weight is 638 g/mol. The van der Waals surface area contributed by atoms with Crippen molar-refractivity contribution in [3.8, 4) is 0 Å². The first-order valence-corrected chi connectivity index (χ1v) is 15.4. The van der Waals surface area contributed by atoms with Gasteiger partial charge in [-0.1, -0.05) is 47.3 Å². The van der Waals surface area contributed by atoms with Crippen LogP contribution in [0.25, 0.3) is 11.2 Å². The molecule has 15 heteroatoms. The van der Waals surface area contributed by atoms with Crippen molar-refractivity contribution in [2.45, 2.75) is 57.8 Å². The van der Waals surface area contributed by atoms with Crippen molar-refractivity contribution in [1.82, 2.24) is 19.5 Å². The van der Waals surface area contributed by atoms with E-state index in [1.54, 1.807) is 4.57 Å². The number of aromatic nitrogens is 4. The minimum atomic E-state index is -3.84. The standard InChI is InChI=1S/C25H29BrN5O8P/c26-18-8-4-5-16(11-18)12-36-40(34,37-13-19-21(39-25(33)38-19)17-6-2-1-3-7-17)15-35-10-9-31-14-28-20-22(31)29-24(27)30-23(20)32/h4-5,8,11,14,17H,1-3,6-7,9-10,12-13,15H2,(H3,27,29,30,32). The number of anilines is 1. The maximum absolute atomic E-state index is 13.8. The van der Waals surface area contributed by atoms with E-state index in [4.69, 9.17) is 28.4 Å². The molecular formula is C25H29BrN5O8P. The topological polar surface area (TPSA) is 178 Å². The Hall–Kier alpha value is -3.03. The summed E-state index contributed by atoms with van der Waals surface area (Å²) in [5.74, 6) is -0.143. The first-order valence-electron chi connectivity index (χ1n) is 12.8. The van der Waals surface area contributed by atoms with Crippen molar-refractivity contribution >= 4 is 40.6 Å². The summed E-state index contributed by atoms with van der Waals surface area (Å²) in [6.07, 6.45) is 6.04. The second-order valence-electron chi connectivity index (χ2n) is 9.46. The van der Waals surface area contributed by atoms with E-state index in [0.717, 1.165) is 42.1 Å². The molecule has 0 radical (unpaired) electrons.